The zero-order valence-electron chi connectivity index (χ0n) is 15.8. The molecular weight excluding hydrogens is 314 g/mol. The third-order valence-electron chi connectivity index (χ3n) is 8.33. The van der Waals surface area contributed by atoms with Gasteiger partial charge in [-0.3, -0.25) is 4.79 Å². The van der Waals surface area contributed by atoms with E-state index in [-0.39, 0.29) is 22.9 Å². The molecule has 3 saturated carbocycles. The lowest BCUT2D eigenvalue weighted by Gasteiger charge is -2.57. The van der Waals surface area contributed by atoms with Gasteiger partial charge in [-0.25, -0.2) is 0 Å². The van der Waals surface area contributed by atoms with Crippen molar-refractivity contribution in [3.63, 3.8) is 0 Å². The van der Waals surface area contributed by atoms with E-state index in [0.29, 0.717) is 5.92 Å². The van der Waals surface area contributed by atoms with Crippen LogP contribution in [-0.4, -0.2) is 23.0 Å². The molecule has 0 aromatic heterocycles. The summed E-state index contributed by atoms with van der Waals surface area (Å²) < 4.78 is 5.73. The van der Waals surface area contributed by atoms with Crippen LogP contribution in [0.1, 0.15) is 72.1 Å². The SMILES string of the molecule is CC(=O)O[C@H]1CC[C@H]2[C@@H]3CCC4=CC(=NO)CC[C@]4(C)[C@H]3CC[C@]12C. The van der Waals surface area contributed by atoms with Gasteiger partial charge >= 0.3 is 5.97 Å². The first-order valence-electron chi connectivity index (χ1n) is 9.97. The number of rotatable bonds is 1. The van der Waals surface area contributed by atoms with Crippen LogP contribution < -0.4 is 0 Å². The molecule has 0 amide bonds. The molecule has 4 rings (SSSR count). The van der Waals surface area contributed by atoms with Crippen LogP contribution in [0.25, 0.3) is 0 Å². The fourth-order valence-corrected chi connectivity index (χ4v) is 7.00. The first-order chi connectivity index (χ1) is 11.9. The van der Waals surface area contributed by atoms with E-state index in [0.717, 1.165) is 43.2 Å². The topological polar surface area (TPSA) is 58.9 Å². The monoisotopic (exact) mass is 345 g/mol. The summed E-state index contributed by atoms with van der Waals surface area (Å²) in [6.07, 6.45) is 11.3. The standard InChI is InChI=1S/C21H31NO3/c1-13(23)25-19-7-6-17-16-5-4-14-12-15(22-24)8-10-20(14,2)18(16)9-11-21(17,19)3/h12,16-19,24H,4-11H2,1-3H3/t16-,17-,18-,19-,20-,21-/m0/s1. The largest absolute Gasteiger partial charge is 0.462 e. The van der Waals surface area contributed by atoms with Gasteiger partial charge in [0.05, 0.1) is 5.71 Å². The highest BCUT2D eigenvalue weighted by Gasteiger charge is 2.59. The molecule has 4 nitrogen and oxygen atoms in total. The Bertz CT molecular complexity index is 639. The van der Waals surface area contributed by atoms with Crippen LogP contribution in [0.15, 0.2) is 16.8 Å². The summed E-state index contributed by atoms with van der Waals surface area (Å²) >= 11 is 0. The minimum Gasteiger partial charge on any atom is -0.462 e. The summed E-state index contributed by atoms with van der Waals surface area (Å²) in [4.78, 5) is 11.5. The fraction of sp³-hybridized carbons (Fsp3) is 0.810. The Kier molecular flexibility index (Phi) is 4.01. The highest BCUT2D eigenvalue weighted by molar-refractivity contribution is 5.96. The highest BCUT2D eigenvalue weighted by Crippen LogP contribution is 2.65. The second-order valence-corrected chi connectivity index (χ2v) is 9.31. The molecule has 138 valence electrons. The van der Waals surface area contributed by atoms with E-state index >= 15 is 0 Å². The lowest BCUT2D eigenvalue weighted by Crippen LogP contribution is -2.51. The predicted octanol–water partition coefficient (Wildman–Crippen LogP) is 4.71. The first-order valence-corrected chi connectivity index (χ1v) is 9.97. The number of ether oxygens (including phenoxy) is 1. The Hall–Kier alpha value is -1.32. The zero-order chi connectivity index (χ0) is 17.8. The van der Waals surface area contributed by atoms with Gasteiger partial charge in [-0.1, -0.05) is 24.6 Å². The lowest BCUT2D eigenvalue weighted by atomic mass is 9.47. The summed E-state index contributed by atoms with van der Waals surface area (Å²) in [7, 11) is 0. The van der Waals surface area contributed by atoms with Crippen molar-refractivity contribution in [1.82, 2.24) is 0 Å². The molecule has 0 unspecified atom stereocenters. The number of nitrogens with zero attached hydrogens (tertiary/aromatic N) is 1. The van der Waals surface area contributed by atoms with Gasteiger partial charge in [0.1, 0.15) is 6.10 Å². The average molecular weight is 345 g/mol. The van der Waals surface area contributed by atoms with Crippen LogP contribution in [0.4, 0.5) is 0 Å². The van der Waals surface area contributed by atoms with Crippen LogP contribution >= 0.6 is 0 Å². The van der Waals surface area contributed by atoms with Crippen molar-refractivity contribution in [2.24, 2.45) is 33.7 Å². The van der Waals surface area contributed by atoms with E-state index in [1.807, 2.05) is 0 Å². The molecule has 0 spiro atoms. The normalized spacial score (nSPS) is 47.5. The Labute approximate surface area is 150 Å². The van der Waals surface area contributed by atoms with Gasteiger partial charge in [0.25, 0.3) is 0 Å². The summed E-state index contributed by atoms with van der Waals surface area (Å²) in [5.41, 5.74) is 2.78. The molecule has 0 aromatic carbocycles. The molecule has 3 fully saturated rings. The number of esters is 1. The number of hydrogen-bond donors (Lipinski definition) is 1. The van der Waals surface area contributed by atoms with Crippen LogP contribution in [-0.2, 0) is 9.53 Å². The van der Waals surface area contributed by atoms with Crippen molar-refractivity contribution in [2.75, 3.05) is 0 Å². The van der Waals surface area contributed by atoms with E-state index in [1.165, 1.54) is 31.3 Å². The number of allylic oxidation sites excluding steroid dienone is 2. The van der Waals surface area contributed by atoms with Crippen molar-refractivity contribution in [3.05, 3.63) is 11.6 Å². The Morgan fingerprint density at radius 2 is 1.96 bits per heavy atom. The molecule has 0 aliphatic heterocycles. The summed E-state index contributed by atoms with van der Waals surface area (Å²) in [6.45, 7) is 6.37. The second-order valence-electron chi connectivity index (χ2n) is 9.31. The quantitative estimate of drug-likeness (QED) is 0.425. The van der Waals surface area contributed by atoms with Gasteiger partial charge < -0.3 is 9.94 Å². The molecule has 25 heavy (non-hydrogen) atoms. The molecular formula is C21H31NO3. The van der Waals surface area contributed by atoms with Gasteiger partial charge in [-0.15, -0.1) is 0 Å². The average Bonchev–Trinajstić information content (AvgIpc) is 2.90. The summed E-state index contributed by atoms with van der Waals surface area (Å²) in [5, 5.41) is 12.6. The Balaban J connectivity index is 1.61. The molecule has 4 heteroatoms. The van der Waals surface area contributed by atoms with Crippen molar-refractivity contribution < 1.29 is 14.7 Å². The smallest absolute Gasteiger partial charge is 0.302 e. The van der Waals surface area contributed by atoms with Crippen LogP contribution in [0.5, 0.6) is 0 Å². The lowest BCUT2D eigenvalue weighted by molar-refractivity contribution is -0.157. The second kappa shape index (κ2) is 5.85. The van der Waals surface area contributed by atoms with E-state index in [9.17, 15) is 4.79 Å². The van der Waals surface area contributed by atoms with Crippen molar-refractivity contribution >= 4 is 11.7 Å². The van der Waals surface area contributed by atoms with E-state index < -0.39 is 0 Å². The van der Waals surface area contributed by atoms with Crippen LogP contribution in [0.2, 0.25) is 0 Å². The third kappa shape index (κ3) is 2.47. The number of carbonyl (C=O) groups excluding carboxylic acids is 1. The van der Waals surface area contributed by atoms with Gasteiger partial charge in [-0.2, -0.15) is 0 Å². The molecule has 0 saturated heterocycles. The molecule has 1 N–H and O–H groups in total. The van der Waals surface area contributed by atoms with Gasteiger partial charge in [-0.05, 0) is 80.6 Å². The van der Waals surface area contributed by atoms with Crippen molar-refractivity contribution in [1.29, 1.82) is 0 Å². The molecule has 0 aromatic rings. The maximum atomic E-state index is 11.5. The minimum absolute atomic E-state index is 0.111. The maximum Gasteiger partial charge on any atom is 0.302 e. The summed E-state index contributed by atoms with van der Waals surface area (Å²) in [6, 6.07) is 0. The van der Waals surface area contributed by atoms with Gasteiger partial charge in [0.15, 0.2) is 0 Å². The van der Waals surface area contributed by atoms with E-state index in [2.05, 4.69) is 25.1 Å². The van der Waals surface area contributed by atoms with Gasteiger partial charge in [0.2, 0.25) is 0 Å². The van der Waals surface area contributed by atoms with Crippen LogP contribution in [0, 0.1) is 28.6 Å². The maximum absolute atomic E-state index is 11.5. The zero-order valence-corrected chi connectivity index (χ0v) is 15.8. The van der Waals surface area contributed by atoms with E-state index in [1.54, 1.807) is 6.92 Å². The Morgan fingerprint density at radius 3 is 2.68 bits per heavy atom. The molecule has 4 aliphatic rings. The number of oxime groups is 1. The number of hydrogen-bond acceptors (Lipinski definition) is 4. The molecule has 0 bridgehead atoms. The summed E-state index contributed by atoms with van der Waals surface area (Å²) in [5.74, 6) is 2.02. The first kappa shape index (κ1) is 17.1. The molecule has 4 aliphatic carbocycles. The van der Waals surface area contributed by atoms with Crippen molar-refractivity contribution in [2.45, 2.75) is 78.2 Å². The molecule has 6 atom stereocenters. The van der Waals surface area contributed by atoms with Crippen LogP contribution in [0.3, 0.4) is 0 Å². The molecule has 0 heterocycles. The van der Waals surface area contributed by atoms with E-state index in [4.69, 9.17) is 9.94 Å². The van der Waals surface area contributed by atoms with Crippen molar-refractivity contribution in [3.8, 4) is 0 Å². The fourth-order valence-electron chi connectivity index (χ4n) is 7.00. The third-order valence-corrected chi connectivity index (χ3v) is 8.33. The molecule has 0 radical (unpaired) electrons. The predicted molar refractivity (Wildman–Crippen MR) is 96.5 cm³/mol. The van der Waals surface area contributed by atoms with Gasteiger partial charge in [0, 0.05) is 12.3 Å². The number of carbonyl (C=O) groups is 1. The minimum atomic E-state index is -0.127. The highest BCUT2D eigenvalue weighted by atomic mass is 16.5. The Morgan fingerprint density at radius 1 is 1.16 bits per heavy atom. The number of fused-ring (bicyclic) bond motifs is 5.